The molecule has 0 unspecified atom stereocenters. The highest BCUT2D eigenvalue weighted by Gasteiger charge is 2.41. The van der Waals surface area contributed by atoms with Gasteiger partial charge in [-0.25, -0.2) is 4.79 Å². The van der Waals surface area contributed by atoms with Crippen LogP contribution in [0.2, 0.25) is 0 Å². The number of piperidine rings is 1. The van der Waals surface area contributed by atoms with Gasteiger partial charge in [-0.2, -0.15) is 0 Å². The molecule has 3 rings (SSSR count). The lowest BCUT2D eigenvalue weighted by molar-refractivity contribution is 0.0611. The molecule has 22 heavy (non-hydrogen) atoms. The first kappa shape index (κ1) is 15.1. The van der Waals surface area contributed by atoms with E-state index in [1.54, 1.807) is 0 Å². The van der Waals surface area contributed by atoms with Crippen LogP contribution < -0.4 is 5.73 Å². The van der Waals surface area contributed by atoms with Gasteiger partial charge < -0.3 is 20.3 Å². The smallest absolute Gasteiger partial charge is 0.410 e. The molecule has 0 radical (unpaired) electrons. The molecule has 0 spiro atoms. The van der Waals surface area contributed by atoms with Gasteiger partial charge in [-0.15, -0.1) is 0 Å². The van der Waals surface area contributed by atoms with Crippen LogP contribution in [0.3, 0.4) is 0 Å². The summed E-state index contributed by atoms with van der Waals surface area (Å²) in [5.41, 5.74) is 6.73. The summed E-state index contributed by atoms with van der Waals surface area (Å²) >= 11 is 5.07. The van der Waals surface area contributed by atoms with Gasteiger partial charge in [0.25, 0.3) is 0 Å². The molecule has 2 N–H and O–H groups in total. The molecule has 6 heteroatoms. The van der Waals surface area contributed by atoms with Gasteiger partial charge in [-0.05, 0) is 36.5 Å². The van der Waals surface area contributed by atoms with Crippen LogP contribution in [-0.2, 0) is 11.3 Å². The number of fused-ring (bicyclic) bond motifs is 1. The monoisotopic (exact) mass is 319 g/mol. The summed E-state index contributed by atoms with van der Waals surface area (Å²) in [7, 11) is 0. The Hall–Kier alpha value is -1.82. The molecule has 118 valence electrons. The molecule has 2 aliphatic rings. The number of thiocarbonyl (C=S) groups is 1. The molecule has 2 atom stereocenters. The first-order chi connectivity index (χ1) is 10.6. The number of rotatable bonds is 2. The Morgan fingerprint density at radius 2 is 2.09 bits per heavy atom. The molecule has 5 nitrogen and oxygen atoms in total. The molecule has 2 aliphatic heterocycles. The van der Waals surface area contributed by atoms with Crippen molar-refractivity contribution < 1.29 is 9.53 Å². The minimum atomic E-state index is -0.233. The summed E-state index contributed by atoms with van der Waals surface area (Å²) in [5, 5.41) is 0.423. The quantitative estimate of drug-likeness (QED) is 0.845. The van der Waals surface area contributed by atoms with Gasteiger partial charge in [0.1, 0.15) is 6.61 Å². The molecule has 2 fully saturated rings. The van der Waals surface area contributed by atoms with Crippen molar-refractivity contribution in [2.45, 2.75) is 25.5 Å². The van der Waals surface area contributed by atoms with Crippen LogP contribution in [0.4, 0.5) is 4.79 Å². The highest BCUT2D eigenvalue weighted by Crippen LogP contribution is 2.31. The molecule has 0 aromatic heterocycles. The van der Waals surface area contributed by atoms with Crippen molar-refractivity contribution in [3.63, 3.8) is 0 Å². The summed E-state index contributed by atoms with van der Waals surface area (Å²) in [6, 6.07) is 9.91. The highest BCUT2D eigenvalue weighted by atomic mass is 32.1. The molecule has 1 aromatic carbocycles. The summed E-state index contributed by atoms with van der Waals surface area (Å²) in [4.78, 5) is 16.3. The zero-order valence-corrected chi connectivity index (χ0v) is 13.3. The van der Waals surface area contributed by atoms with Gasteiger partial charge in [-0.1, -0.05) is 30.3 Å². The third kappa shape index (κ3) is 3.16. The van der Waals surface area contributed by atoms with Crippen molar-refractivity contribution >= 4 is 23.4 Å². The van der Waals surface area contributed by atoms with Crippen molar-refractivity contribution in [2.24, 2.45) is 11.7 Å². The fraction of sp³-hybridized carbons (Fsp3) is 0.500. The van der Waals surface area contributed by atoms with Crippen LogP contribution in [0.25, 0.3) is 0 Å². The normalized spacial score (nSPS) is 24.0. The molecule has 1 amide bonds. The van der Waals surface area contributed by atoms with E-state index in [0.29, 0.717) is 17.6 Å². The van der Waals surface area contributed by atoms with Gasteiger partial charge in [0.2, 0.25) is 0 Å². The van der Waals surface area contributed by atoms with Crippen LogP contribution in [0, 0.1) is 5.92 Å². The van der Waals surface area contributed by atoms with E-state index in [-0.39, 0.29) is 12.1 Å². The lowest BCUT2D eigenvalue weighted by Crippen LogP contribution is -2.48. The lowest BCUT2D eigenvalue weighted by atomic mass is 9.92. The molecule has 0 aliphatic carbocycles. The second-order valence-electron chi connectivity index (χ2n) is 5.95. The van der Waals surface area contributed by atoms with Crippen LogP contribution in [0.1, 0.15) is 18.4 Å². The zero-order valence-electron chi connectivity index (χ0n) is 12.5. The predicted octanol–water partition coefficient (Wildman–Crippen LogP) is 1.96. The summed E-state index contributed by atoms with van der Waals surface area (Å²) in [6.07, 6.45) is 1.89. The van der Waals surface area contributed by atoms with Crippen LogP contribution in [0.5, 0.6) is 0 Å². The van der Waals surface area contributed by atoms with E-state index in [2.05, 4.69) is 0 Å². The number of benzene rings is 1. The SMILES string of the molecule is NC(=S)N1C[C@H]2CCCN(C(=O)OCc3ccccc3)[C@@H]2C1. The van der Waals surface area contributed by atoms with E-state index >= 15 is 0 Å². The molecule has 2 heterocycles. The largest absolute Gasteiger partial charge is 0.445 e. The molecule has 1 aromatic rings. The molecule has 0 bridgehead atoms. The average Bonchev–Trinajstić information content (AvgIpc) is 2.98. The first-order valence-corrected chi connectivity index (χ1v) is 8.07. The Bertz CT molecular complexity index is 552. The standard InChI is InChI=1S/C16H21N3O2S/c17-15(22)18-9-13-7-4-8-19(14(13)10-18)16(20)21-11-12-5-2-1-3-6-12/h1-3,5-6,13-14H,4,7-11H2,(H2,17,22)/t13-,14-/m1/s1. The fourth-order valence-corrected chi connectivity index (χ4v) is 3.54. The van der Waals surface area contributed by atoms with E-state index in [9.17, 15) is 4.79 Å². The predicted molar refractivity (Wildman–Crippen MR) is 88.2 cm³/mol. The van der Waals surface area contributed by atoms with E-state index < -0.39 is 0 Å². The number of hydrogen-bond donors (Lipinski definition) is 1. The second kappa shape index (κ2) is 6.52. The van der Waals surface area contributed by atoms with Crippen LogP contribution in [0.15, 0.2) is 30.3 Å². The van der Waals surface area contributed by atoms with Crippen molar-refractivity contribution in [2.75, 3.05) is 19.6 Å². The number of likely N-dealkylation sites (tertiary alicyclic amines) is 2. The molecule has 0 saturated carbocycles. The summed E-state index contributed by atoms with van der Waals surface area (Å²) < 4.78 is 5.48. The lowest BCUT2D eigenvalue weighted by Gasteiger charge is -2.35. The van der Waals surface area contributed by atoms with E-state index in [1.165, 1.54) is 0 Å². The third-order valence-corrected chi connectivity index (χ3v) is 4.79. The van der Waals surface area contributed by atoms with Gasteiger partial charge in [0, 0.05) is 19.6 Å². The summed E-state index contributed by atoms with van der Waals surface area (Å²) in [5.74, 6) is 0.444. The summed E-state index contributed by atoms with van der Waals surface area (Å²) in [6.45, 7) is 2.63. The Balaban J connectivity index is 1.61. The van der Waals surface area contributed by atoms with E-state index in [1.807, 2.05) is 40.1 Å². The number of carbonyl (C=O) groups excluding carboxylic acids is 1. The number of hydrogen-bond acceptors (Lipinski definition) is 3. The Morgan fingerprint density at radius 3 is 2.82 bits per heavy atom. The van der Waals surface area contributed by atoms with Gasteiger partial charge >= 0.3 is 6.09 Å². The maximum absolute atomic E-state index is 12.4. The van der Waals surface area contributed by atoms with Crippen molar-refractivity contribution in [3.05, 3.63) is 35.9 Å². The van der Waals surface area contributed by atoms with Gasteiger partial charge in [0.15, 0.2) is 5.11 Å². The van der Waals surface area contributed by atoms with Crippen LogP contribution in [-0.4, -0.2) is 46.7 Å². The Labute approximate surface area is 136 Å². The number of nitrogens with zero attached hydrogens (tertiary/aromatic N) is 2. The van der Waals surface area contributed by atoms with Gasteiger partial charge in [0.05, 0.1) is 6.04 Å². The zero-order chi connectivity index (χ0) is 15.5. The maximum atomic E-state index is 12.4. The second-order valence-corrected chi connectivity index (χ2v) is 6.36. The molecular weight excluding hydrogens is 298 g/mol. The van der Waals surface area contributed by atoms with Crippen LogP contribution >= 0.6 is 12.2 Å². The first-order valence-electron chi connectivity index (χ1n) is 7.67. The minimum absolute atomic E-state index is 0.165. The number of amides is 1. The molecular formula is C16H21N3O2S. The van der Waals surface area contributed by atoms with Crippen molar-refractivity contribution in [1.82, 2.24) is 9.80 Å². The minimum Gasteiger partial charge on any atom is -0.445 e. The molecule has 2 saturated heterocycles. The number of nitrogens with two attached hydrogens (primary N) is 1. The van der Waals surface area contributed by atoms with Crippen molar-refractivity contribution in [1.29, 1.82) is 0 Å². The van der Waals surface area contributed by atoms with Crippen molar-refractivity contribution in [3.8, 4) is 0 Å². The fourth-order valence-electron chi connectivity index (χ4n) is 3.39. The Kier molecular flexibility index (Phi) is 4.47. The van der Waals surface area contributed by atoms with Gasteiger partial charge in [-0.3, -0.25) is 0 Å². The van der Waals surface area contributed by atoms with E-state index in [0.717, 1.165) is 38.0 Å². The number of ether oxygens (including phenoxy) is 1. The topological polar surface area (TPSA) is 58.8 Å². The Morgan fingerprint density at radius 1 is 1.32 bits per heavy atom. The number of carbonyl (C=O) groups is 1. The average molecular weight is 319 g/mol. The maximum Gasteiger partial charge on any atom is 0.410 e. The highest BCUT2D eigenvalue weighted by molar-refractivity contribution is 7.80. The van der Waals surface area contributed by atoms with E-state index in [4.69, 9.17) is 22.7 Å². The third-order valence-electron chi connectivity index (χ3n) is 4.53.